The van der Waals surface area contributed by atoms with Gasteiger partial charge in [0.2, 0.25) is 0 Å². The van der Waals surface area contributed by atoms with Gasteiger partial charge in [-0.15, -0.1) is 11.3 Å². The highest BCUT2D eigenvalue weighted by Gasteiger charge is 2.55. The highest BCUT2D eigenvalue weighted by molar-refractivity contribution is 7.17. The summed E-state index contributed by atoms with van der Waals surface area (Å²) in [4.78, 5) is 23.7. The summed E-state index contributed by atoms with van der Waals surface area (Å²) in [6.45, 7) is 3.44. The molecule has 1 saturated carbocycles. The summed E-state index contributed by atoms with van der Waals surface area (Å²) in [5.41, 5.74) is 0.605. The maximum absolute atomic E-state index is 11.8. The number of rotatable bonds is 2. The van der Waals surface area contributed by atoms with Crippen LogP contribution in [0.4, 0.5) is 5.82 Å². The third kappa shape index (κ3) is 1.71. The fourth-order valence-corrected chi connectivity index (χ4v) is 4.92. The maximum Gasteiger partial charge on any atom is 0.311 e. The van der Waals surface area contributed by atoms with Gasteiger partial charge in [0.05, 0.1) is 10.8 Å². The first-order valence-corrected chi connectivity index (χ1v) is 8.17. The average molecular weight is 303 g/mol. The molecule has 6 heteroatoms. The van der Waals surface area contributed by atoms with Crippen LogP contribution in [0.25, 0.3) is 10.2 Å². The SMILES string of the molecule is Cc1csc2ncnc(N3C[C@@H]4CCC[C@@]4(C(=O)O)C3)c12. The second-order valence-corrected chi connectivity index (χ2v) is 7.09. The Morgan fingerprint density at radius 1 is 1.52 bits per heavy atom. The minimum absolute atomic E-state index is 0.249. The van der Waals surface area contributed by atoms with E-state index in [0.717, 1.165) is 41.8 Å². The number of carbonyl (C=O) groups is 1. The zero-order valence-electron chi connectivity index (χ0n) is 11.9. The standard InChI is InChI=1S/C15H17N3O2S/c1-9-6-21-13-11(9)12(16-8-17-13)18-5-10-3-2-4-15(10,7-18)14(19)20/h6,8,10H,2-5,7H2,1H3,(H,19,20)/t10-,15+/m0/s1. The first-order valence-electron chi connectivity index (χ1n) is 7.29. The molecule has 2 fully saturated rings. The molecule has 0 unspecified atom stereocenters. The van der Waals surface area contributed by atoms with Crippen LogP contribution in [0, 0.1) is 18.3 Å². The lowest BCUT2D eigenvalue weighted by Gasteiger charge is -2.24. The molecule has 0 spiro atoms. The van der Waals surface area contributed by atoms with E-state index in [-0.39, 0.29) is 5.92 Å². The molecular weight excluding hydrogens is 286 g/mol. The molecular formula is C15H17N3O2S. The number of aryl methyl sites for hydroxylation is 1. The molecule has 1 aliphatic carbocycles. The first-order chi connectivity index (χ1) is 10.1. The summed E-state index contributed by atoms with van der Waals surface area (Å²) >= 11 is 1.62. The molecule has 5 nitrogen and oxygen atoms in total. The van der Waals surface area contributed by atoms with Crippen molar-refractivity contribution in [3.05, 3.63) is 17.3 Å². The van der Waals surface area contributed by atoms with Crippen molar-refractivity contribution in [2.75, 3.05) is 18.0 Å². The smallest absolute Gasteiger partial charge is 0.311 e. The lowest BCUT2D eigenvalue weighted by Crippen LogP contribution is -2.35. The van der Waals surface area contributed by atoms with E-state index < -0.39 is 11.4 Å². The molecule has 0 amide bonds. The van der Waals surface area contributed by atoms with Crippen molar-refractivity contribution in [3.8, 4) is 0 Å². The third-order valence-corrected chi connectivity index (χ3v) is 6.13. The molecule has 0 bridgehead atoms. The zero-order valence-corrected chi connectivity index (χ0v) is 12.7. The number of hydrogen-bond donors (Lipinski definition) is 1. The van der Waals surface area contributed by atoms with E-state index in [0.29, 0.717) is 6.54 Å². The van der Waals surface area contributed by atoms with Crippen LogP contribution >= 0.6 is 11.3 Å². The summed E-state index contributed by atoms with van der Waals surface area (Å²) in [5, 5.41) is 12.9. The van der Waals surface area contributed by atoms with Gasteiger partial charge in [0.15, 0.2) is 0 Å². The second kappa shape index (κ2) is 4.40. The number of anilines is 1. The average Bonchev–Trinajstić information content (AvgIpc) is 3.11. The van der Waals surface area contributed by atoms with Crippen molar-refractivity contribution < 1.29 is 9.90 Å². The molecule has 2 atom stereocenters. The molecule has 1 saturated heterocycles. The summed E-state index contributed by atoms with van der Waals surface area (Å²) in [5.74, 6) is 0.521. The molecule has 2 aliphatic rings. The van der Waals surface area contributed by atoms with Crippen molar-refractivity contribution in [2.45, 2.75) is 26.2 Å². The molecule has 110 valence electrons. The van der Waals surface area contributed by atoms with Gasteiger partial charge in [-0.25, -0.2) is 9.97 Å². The van der Waals surface area contributed by atoms with Crippen LogP contribution in [0.5, 0.6) is 0 Å². The fraction of sp³-hybridized carbons (Fsp3) is 0.533. The minimum atomic E-state index is -0.639. The normalized spacial score (nSPS) is 28.2. The Balaban J connectivity index is 1.78. The number of nitrogens with zero attached hydrogens (tertiary/aromatic N) is 3. The van der Waals surface area contributed by atoms with Crippen molar-refractivity contribution in [1.82, 2.24) is 9.97 Å². The molecule has 1 aliphatic heterocycles. The number of aromatic nitrogens is 2. The van der Waals surface area contributed by atoms with Gasteiger partial charge in [0, 0.05) is 13.1 Å². The Morgan fingerprint density at radius 2 is 2.38 bits per heavy atom. The van der Waals surface area contributed by atoms with Gasteiger partial charge in [0.1, 0.15) is 17.0 Å². The summed E-state index contributed by atoms with van der Waals surface area (Å²) in [6.07, 6.45) is 4.43. The monoisotopic (exact) mass is 303 g/mol. The van der Waals surface area contributed by atoms with Crippen molar-refractivity contribution in [3.63, 3.8) is 0 Å². The Bertz CT molecular complexity index is 729. The molecule has 0 radical (unpaired) electrons. The van der Waals surface area contributed by atoms with Crippen molar-refractivity contribution in [1.29, 1.82) is 0 Å². The Labute approximate surface area is 126 Å². The highest BCUT2D eigenvalue weighted by Crippen LogP contribution is 2.50. The van der Waals surface area contributed by atoms with Gasteiger partial charge < -0.3 is 10.0 Å². The number of aliphatic carboxylic acids is 1. The molecule has 3 heterocycles. The van der Waals surface area contributed by atoms with Crippen LogP contribution in [-0.2, 0) is 4.79 Å². The van der Waals surface area contributed by atoms with E-state index in [9.17, 15) is 9.90 Å². The number of fused-ring (bicyclic) bond motifs is 2. The predicted octanol–water partition coefficient (Wildman–Crippen LogP) is 2.69. The molecule has 1 N–H and O–H groups in total. The minimum Gasteiger partial charge on any atom is -0.481 e. The van der Waals surface area contributed by atoms with Gasteiger partial charge >= 0.3 is 5.97 Å². The van der Waals surface area contributed by atoms with Gasteiger partial charge in [-0.3, -0.25) is 4.79 Å². The van der Waals surface area contributed by atoms with E-state index >= 15 is 0 Å². The van der Waals surface area contributed by atoms with E-state index in [1.54, 1.807) is 17.7 Å². The Hall–Kier alpha value is -1.69. The maximum atomic E-state index is 11.8. The van der Waals surface area contributed by atoms with E-state index in [1.807, 2.05) is 0 Å². The number of carboxylic acids is 1. The van der Waals surface area contributed by atoms with Crippen LogP contribution in [0.1, 0.15) is 24.8 Å². The topological polar surface area (TPSA) is 66.3 Å². The number of hydrogen-bond acceptors (Lipinski definition) is 5. The van der Waals surface area contributed by atoms with Gasteiger partial charge in [-0.05, 0) is 36.6 Å². The van der Waals surface area contributed by atoms with Crippen LogP contribution in [0.3, 0.4) is 0 Å². The van der Waals surface area contributed by atoms with Gasteiger partial charge in [-0.2, -0.15) is 0 Å². The van der Waals surface area contributed by atoms with Gasteiger partial charge in [-0.1, -0.05) is 6.42 Å². The Morgan fingerprint density at radius 3 is 3.14 bits per heavy atom. The summed E-state index contributed by atoms with van der Waals surface area (Å²) in [6, 6.07) is 0. The number of thiophene rings is 1. The van der Waals surface area contributed by atoms with Crippen LogP contribution in [0.15, 0.2) is 11.7 Å². The van der Waals surface area contributed by atoms with E-state index in [2.05, 4.69) is 27.2 Å². The lowest BCUT2D eigenvalue weighted by atomic mass is 9.81. The summed E-state index contributed by atoms with van der Waals surface area (Å²) in [7, 11) is 0. The quantitative estimate of drug-likeness (QED) is 0.924. The third-order valence-electron chi connectivity index (χ3n) is 5.13. The Kier molecular flexibility index (Phi) is 2.73. The van der Waals surface area contributed by atoms with E-state index in [4.69, 9.17) is 0 Å². The van der Waals surface area contributed by atoms with Crippen molar-refractivity contribution >= 4 is 33.3 Å². The molecule has 2 aromatic rings. The highest BCUT2D eigenvalue weighted by atomic mass is 32.1. The largest absolute Gasteiger partial charge is 0.481 e. The second-order valence-electron chi connectivity index (χ2n) is 6.23. The van der Waals surface area contributed by atoms with E-state index in [1.165, 1.54) is 5.56 Å². The summed E-state index contributed by atoms with van der Waals surface area (Å²) < 4.78 is 0. The lowest BCUT2D eigenvalue weighted by molar-refractivity contribution is -0.149. The fourth-order valence-electron chi connectivity index (χ4n) is 4.04. The van der Waals surface area contributed by atoms with Crippen LogP contribution < -0.4 is 4.90 Å². The molecule has 0 aromatic carbocycles. The van der Waals surface area contributed by atoms with Crippen LogP contribution in [0.2, 0.25) is 0 Å². The predicted molar refractivity (Wildman–Crippen MR) is 81.8 cm³/mol. The zero-order chi connectivity index (χ0) is 14.6. The van der Waals surface area contributed by atoms with Gasteiger partial charge in [0.25, 0.3) is 0 Å². The molecule has 21 heavy (non-hydrogen) atoms. The molecule has 4 rings (SSSR count). The van der Waals surface area contributed by atoms with Crippen LogP contribution in [-0.4, -0.2) is 34.1 Å². The molecule has 2 aromatic heterocycles. The first kappa shape index (κ1) is 13.0. The van der Waals surface area contributed by atoms with Crippen molar-refractivity contribution in [2.24, 2.45) is 11.3 Å². The number of carboxylic acid groups (broad SMARTS) is 1.